The van der Waals surface area contributed by atoms with Gasteiger partial charge in [0.15, 0.2) is 11.5 Å². The van der Waals surface area contributed by atoms with Crippen LogP contribution in [0, 0.1) is 0 Å². The Kier molecular flexibility index (Phi) is 3.55. The predicted octanol–water partition coefficient (Wildman–Crippen LogP) is 3.63. The minimum Gasteiger partial charge on any atom is -0.311 e. The minimum absolute atomic E-state index is 0.135. The van der Waals surface area contributed by atoms with Crippen LogP contribution in [0.4, 0.5) is 13.2 Å². The van der Waals surface area contributed by atoms with Gasteiger partial charge >= 0.3 is 6.18 Å². The summed E-state index contributed by atoms with van der Waals surface area (Å²) >= 11 is 4.60. The summed E-state index contributed by atoms with van der Waals surface area (Å²) in [4.78, 5) is 8.67. The molecule has 20 heavy (non-hydrogen) atoms. The molecule has 3 nitrogen and oxygen atoms in total. The molecule has 1 N–H and O–H groups in total. The van der Waals surface area contributed by atoms with E-state index in [2.05, 4.69) is 31.2 Å². The molecule has 2 aromatic heterocycles. The van der Waals surface area contributed by atoms with E-state index in [9.17, 15) is 13.2 Å². The van der Waals surface area contributed by atoms with E-state index in [1.807, 2.05) is 0 Å². The summed E-state index contributed by atoms with van der Waals surface area (Å²) < 4.78 is 40.3. The van der Waals surface area contributed by atoms with Crippen molar-refractivity contribution in [1.29, 1.82) is 0 Å². The van der Waals surface area contributed by atoms with Crippen molar-refractivity contribution in [3.63, 3.8) is 0 Å². The second-order valence-corrected chi connectivity index (χ2v) is 6.20. The molecular formula is C12H9BrF3N3S. The van der Waals surface area contributed by atoms with Crippen molar-refractivity contribution in [2.75, 3.05) is 6.54 Å². The summed E-state index contributed by atoms with van der Waals surface area (Å²) in [5, 5.41) is 4.84. The number of hydrogen-bond acceptors (Lipinski definition) is 4. The summed E-state index contributed by atoms with van der Waals surface area (Å²) in [6.07, 6.45) is -4.15. The molecule has 3 rings (SSSR count). The molecule has 0 amide bonds. The van der Waals surface area contributed by atoms with Gasteiger partial charge in [-0.05, 0) is 35.0 Å². The SMILES string of the molecule is FC(F)(F)c1nc(-c2cc(Br)cs2)nc2c1CCNC2. The number of nitrogens with one attached hydrogen (secondary N) is 1. The minimum atomic E-state index is -4.45. The number of fused-ring (bicyclic) bond motifs is 1. The Hall–Kier alpha value is -0.990. The Morgan fingerprint density at radius 3 is 2.75 bits per heavy atom. The van der Waals surface area contributed by atoms with Crippen LogP contribution in [0.5, 0.6) is 0 Å². The average molecular weight is 364 g/mol. The molecule has 3 heterocycles. The van der Waals surface area contributed by atoms with Gasteiger partial charge in [-0.1, -0.05) is 0 Å². The first-order chi connectivity index (χ1) is 9.45. The second-order valence-electron chi connectivity index (χ2n) is 4.37. The van der Waals surface area contributed by atoms with Gasteiger partial charge in [0.2, 0.25) is 0 Å². The van der Waals surface area contributed by atoms with Crippen molar-refractivity contribution in [3.8, 4) is 10.7 Å². The van der Waals surface area contributed by atoms with Crippen LogP contribution >= 0.6 is 27.3 Å². The molecule has 106 valence electrons. The van der Waals surface area contributed by atoms with E-state index in [1.165, 1.54) is 11.3 Å². The number of alkyl halides is 3. The summed E-state index contributed by atoms with van der Waals surface area (Å²) in [5.41, 5.74) is -0.141. The fourth-order valence-electron chi connectivity index (χ4n) is 2.13. The first-order valence-electron chi connectivity index (χ1n) is 5.87. The monoisotopic (exact) mass is 363 g/mol. The number of thiophene rings is 1. The highest BCUT2D eigenvalue weighted by molar-refractivity contribution is 9.10. The quantitative estimate of drug-likeness (QED) is 0.840. The average Bonchev–Trinajstić information content (AvgIpc) is 2.83. The summed E-state index contributed by atoms with van der Waals surface area (Å²) in [5.74, 6) is 0.135. The highest BCUT2D eigenvalue weighted by Gasteiger charge is 2.38. The molecule has 1 aliphatic heterocycles. The Morgan fingerprint density at radius 1 is 1.30 bits per heavy atom. The Balaban J connectivity index is 2.18. The highest BCUT2D eigenvalue weighted by atomic mass is 79.9. The van der Waals surface area contributed by atoms with Crippen LogP contribution in [0.25, 0.3) is 10.7 Å². The van der Waals surface area contributed by atoms with Crippen LogP contribution in [-0.2, 0) is 19.1 Å². The third-order valence-corrected chi connectivity index (χ3v) is 4.68. The molecular weight excluding hydrogens is 355 g/mol. The van der Waals surface area contributed by atoms with E-state index in [1.54, 1.807) is 11.4 Å². The lowest BCUT2D eigenvalue weighted by molar-refractivity contribution is -0.142. The lowest BCUT2D eigenvalue weighted by Crippen LogP contribution is -2.28. The molecule has 0 aliphatic carbocycles. The zero-order chi connectivity index (χ0) is 14.3. The van der Waals surface area contributed by atoms with Crippen LogP contribution in [0.1, 0.15) is 17.0 Å². The van der Waals surface area contributed by atoms with E-state index < -0.39 is 11.9 Å². The first kappa shape index (κ1) is 14.0. The maximum atomic E-state index is 13.2. The van der Waals surface area contributed by atoms with Gasteiger partial charge in [0, 0.05) is 22.0 Å². The number of nitrogens with zero attached hydrogens (tertiary/aromatic N) is 2. The number of aromatic nitrogens is 2. The molecule has 8 heteroatoms. The first-order valence-corrected chi connectivity index (χ1v) is 7.54. The van der Waals surface area contributed by atoms with Gasteiger partial charge in [-0.15, -0.1) is 11.3 Å². The lowest BCUT2D eigenvalue weighted by atomic mass is 10.0. The van der Waals surface area contributed by atoms with Crippen LogP contribution in [0.15, 0.2) is 15.9 Å². The molecule has 0 unspecified atom stereocenters. The molecule has 0 fully saturated rings. The Bertz CT molecular complexity index is 654. The number of halogens is 4. The van der Waals surface area contributed by atoms with Gasteiger partial charge in [-0.3, -0.25) is 0 Å². The normalized spacial score (nSPS) is 15.2. The summed E-state index contributed by atoms with van der Waals surface area (Å²) in [6, 6.07) is 1.73. The van der Waals surface area contributed by atoms with E-state index in [0.29, 0.717) is 30.1 Å². The van der Waals surface area contributed by atoms with Crippen molar-refractivity contribution < 1.29 is 13.2 Å². The van der Waals surface area contributed by atoms with Crippen LogP contribution in [-0.4, -0.2) is 16.5 Å². The molecule has 0 bridgehead atoms. The molecule has 2 aromatic rings. The largest absolute Gasteiger partial charge is 0.433 e. The zero-order valence-corrected chi connectivity index (χ0v) is 12.5. The van der Waals surface area contributed by atoms with Crippen molar-refractivity contribution in [1.82, 2.24) is 15.3 Å². The zero-order valence-electron chi connectivity index (χ0n) is 10.1. The topological polar surface area (TPSA) is 37.8 Å². The maximum absolute atomic E-state index is 13.2. The molecule has 0 saturated carbocycles. The van der Waals surface area contributed by atoms with Crippen molar-refractivity contribution in [3.05, 3.63) is 32.9 Å². The molecule has 0 spiro atoms. The highest BCUT2D eigenvalue weighted by Crippen LogP contribution is 2.35. The molecule has 0 aromatic carbocycles. The number of rotatable bonds is 1. The fourth-order valence-corrected chi connectivity index (χ4v) is 3.49. The standard InChI is InChI=1S/C12H9BrF3N3S/c13-6-3-9(20-5-6)11-18-8-4-17-2-1-7(8)10(19-11)12(14,15)16/h3,5,17H,1-2,4H2. The van der Waals surface area contributed by atoms with E-state index >= 15 is 0 Å². The van der Waals surface area contributed by atoms with Gasteiger partial charge in [0.25, 0.3) is 0 Å². The summed E-state index contributed by atoms with van der Waals surface area (Å²) in [7, 11) is 0. The molecule has 0 saturated heterocycles. The van der Waals surface area contributed by atoms with Gasteiger partial charge in [-0.25, -0.2) is 9.97 Å². The predicted molar refractivity (Wildman–Crippen MR) is 73.5 cm³/mol. The smallest absolute Gasteiger partial charge is 0.311 e. The van der Waals surface area contributed by atoms with Crippen LogP contribution in [0.3, 0.4) is 0 Å². The molecule has 1 aliphatic rings. The van der Waals surface area contributed by atoms with E-state index in [0.717, 1.165) is 4.47 Å². The van der Waals surface area contributed by atoms with Crippen molar-refractivity contribution >= 4 is 27.3 Å². The van der Waals surface area contributed by atoms with Crippen LogP contribution < -0.4 is 5.32 Å². The van der Waals surface area contributed by atoms with Gasteiger partial charge in [-0.2, -0.15) is 13.2 Å². The lowest BCUT2D eigenvalue weighted by Gasteiger charge is -2.20. The fraction of sp³-hybridized carbons (Fsp3) is 0.333. The third-order valence-electron chi connectivity index (χ3n) is 2.99. The van der Waals surface area contributed by atoms with Crippen molar-refractivity contribution in [2.45, 2.75) is 19.1 Å². The Labute approximate surface area is 125 Å². The van der Waals surface area contributed by atoms with E-state index in [4.69, 9.17) is 0 Å². The van der Waals surface area contributed by atoms with Gasteiger partial charge in [0.1, 0.15) is 0 Å². The second kappa shape index (κ2) is 5.09. The Morgan fingerprint density at radius 2 is 2.10 bits per heavy atom. The van der Waals surface area contributed by atoms with Gasteiger partial charge in [0.05, 0.1) is 10.6 Å². The van der Waals surface area contributed by atoms with E-state index in [-0.39, 0.29) is 11.4 Å². The third kappa shape index (κ3) is 2.59. The van der Waals surface area contributed by atoms with Crippen LogP contribution in [0.2, 0.25) is 0 Å². The molecule has 0 atom stereocenters. The van der Waals surface area contributed by atoms with Gasteiger partial charge < -0.3 is 5.32 Å². The maximum Gasteiger partial charge on any atom is 0.433 e. The molecule has 0 radical (unpaired) electrons. The van der Waals surface area contributed by atoms with Crippen molar-refractivity contribution in [2.24, 2.45) is 0 Å². The summed E-state index contributed by atoms with van der Waals surface area (Å²) in [6.45, 7) is 0.865. The number of hydrogen-bond donors (Lipinski definition) is 1.